The van der Waals surface area contributed by atoms with Crippen molar-refractivity contribution in [2.75, 3.05) is 6.54 Å². The molecule has 2 N–H and O–H groups in total. The molecule has 2 aromatic carbocycles. The Labute approximate surface area is 119 Å². The molecular formula is C16H18ClNO. The molecule has 2 atom stereocenters. The second-order valence-electron chi connectivity index (χ2n) is 4.58. The number of aliphatic hydroxyl groups excluding tert-OH is 1. The zero-order valence-electron chi connectivity index (χ0n) is 10.9. The van der Waals surface area contributed by atoms with Gasteiger partial charge in [0, 0.05) is 17.6 Å². The second kappa shape index (κ2) is 6.71. The highest BCUT2D eigenvalue weighted by Crippen LogP contribution is 2.22. The van der Waals surface area contributed by atoms with Crippen molar-refractivity contribution in [2.45, 2.75) is 19.1 Å². The van der Waals surface area contributed by atoms with Crippen molar-refractivity contribution in [3.05, 3.63) is 70.7 Å². The number of rotatable bonds is 5. The molecule has 100 valence electrons. The molecule has 3 heteroatoms. The van der Waals surface area contributed by atoms with E-state index in [2.05, 4.69) is 5.32 Å². The van der Waals surface area contributed by atoms with Crippen LogP contribution in [0.5, 0.6) is 0 Å². The number of aliphatic hydroxyl groups is 1. The van der Waals surface area contributed by atoms with Gasteiger partial charge in [0.2, 0.25) is 0 Å². The summed E-state index contributed by atoms with van der Waals surface area (Å²) in [6.45, 7) is 2.54. The SMILES string of the molecule is C[C@H](NCC(O)c1ccccc1)c1ccccc1Cl. The van der Waals surface area contributed by atoms with Crippen molar-refractivity contribution < 1.29 is 5.11 Å². The van der Waals surface area contributed by atoms with E-state index >= 15 is 0 Å². The third-order valence-corrected chi connectivity index (χ3v) is 3.52. The van der Waals surface area contributed by atoms with Crippen LogP contribution < -0.4 is 5.32 Å². The van der Waals surface area contributed by atoms with Crippen LogP contribution in [0.1, 0.15) is 30.2 Å². The van der Waals surface area contributed by atoms with Gasteiger partial charge in [0.05, 0.1) is 6.10 Å². The monoisotopic (exact) mass is 275 g/mol. The molecule has 0 saturated carbocycles. The largest absolute Gasteiger partial charge is 0.387 e. The van der Waals surface area contributed by atoms with Gasteiger partial charge in [-0.1, -0.05) is 60.1 Å². The molecular weight excluding hydrogens is 258 g/mol. The van der Waals surface area contributed by atoms with E-state index < -0.39 is 6.10 Å². The van der Waals surface area contributed by atoms with Gasteiger partial charge >= 0.3 is 0 Å². The predicted molar refractivity (Wildman–Crippen MR) is 79.3 cm³/mol. The average Bonchev–Trinajstić information content (AvgIpc) is 2.46. The Morgan fingerprint density at radius 3 is 2.37 bits per heavy atom. The molecule has 1 unspecified atom stereocenters. The quantitative estimate of drug-likeness (QED) is 0.872. The molecule has 0 amide bonds. The standard InChI is InChI=1S/C16H18ClNO/c1-12(14-9-5-6-10-15(14)17)18-11-16(19)13-7-3-2-4-8-13/h2-10,12,16,18-19H,11H2,1H3/t12-,16?/m0/s1. The van der Waals surface area contributed by atoms with Crippen molar-refractivity contribution >= 4 is 11.6 Å². The fourth-order valence-electron chi connectivity index (χ4n) is 2.02. The van der Waals surface area contributed by atoms with Crippen LogP contribution in [0.4, 0.5) is 0 Å². The first-order valence-corrected chi connectivity index (χ1v) is 6.77. The third kappa shape index (κ3) is 3.80. The summed E-state index contributed by atoms with van der Waals surface area (Å²) in [7, 11) is 0. The van der Waals surface area contributed by atoms with E-state index in [1.165, 1.54) is 0 Å². The molecule has 0 aliphatic heterocycles. The molecule has 2 rings (SSSR count). The minimum absolute atomic E-state index is 0.104. The Morgan fingerprint density at radius 1 is 1.05 bits per heavy atom. The Hall–Kier alpha value is -1.35. The Balaban J connectivity index is 1.94. The van der Waals surface area contributed by atoms with Gasteiger partial charge in [-0.2, -0.15) is 0 Å². The predicted octanol–water partition coefficient (Wildman–Crippen LogP) is 3.72. The van der Waals surface area contributed by atoms with Crippen LogP contribution in [0.3, 0.4) is 0 Å². The molecule has 0 aliphatic rings. The van der Waals surface area contributed by atoms with E-state index in [-0.39, 0.29) is 6.04 Å². The summed E-state index contributed by atoms with van der Waals surface area (Å²) >= 11 is 6.15. The van der Waals surface area contributed by atoms with Crippen LogP contribution >= 0.6 is 11.6 Å². The normalized spacial score (nSPS) is 14.1. The maximum Gasteiger partial charge on any atom is 0.0914 e. The lowest BCUT2D eigenvalue weighted by Crippen LogP contribution is -2.24. The van der Waals surface area contributed by atoms with E-state index in [0.717, 1.165) is 16.1 Å². The van der Waals surface area contributed by atoms with Gasteiger partial charge in [-0.25, -0.2) is 0 Å². The first kappa shape index (κ1) is 14.1. The molecule has 0 aliphatic carbocycles. The number of hydrogen-bond donors (Lipinski definition) is 2. The van der Waals surface area contributed by atoms with Gasteiger partial charge in [0.1, 0.15) is 0 Å². The number of nitrogens with one attached hydrogen (secondary N) is 1. The Morgan fingerprint density at radius 2 is 1.68 bits per heavy atom. The fraction of sp³-hybridized carbons (Fsp3) is 0.250. The summed E-state index contributed by atoms with van der Waals surface area (Å²) in [6, 6.07) is 17.5. The van der Waals surface area contributed by atoms with Crippen LogP contribution in [0.2, 0.25) is 5.02 Å². The minimum Gasteiger partial charge on any atom is -0.387 e. The van der Waals surface area contributed by atoms with E-state index in [9.17, 15) is 5.11 Å². The van der Waals surface area contributed by atoms with Gasteiger partial charge < -0.3 is 10.4 Å². The van der Waals surface area contributed by atoms with Gasteiger partial charge in [0.25, 0.3) is 0 Å². The molecule has 0 saturated heterocycles. The van der Waals surface area contributed by atoms with Gasteiger partial charge in [-0.3, -0.25) is 0 Å². The van der Waals surface area contributed by atoms with Crippen molar-refractivity contribution in [3.8, 4) is 0 Å². The van der Waals surface area contributed by atoms with Crippen LogP contribution in [-0.4, -0.2) is 11.7 Å². The maximum atomic E-state index is 10.1. The van der Waals surface area contributed by atoms with E-state index in [1.54, 1.807) is 0 Å². The molecule has 0 spiro atoms. The number of halogens is 1. The topological polar surface area (TPSA) is 32.3 Å². The molecule has 0 bridgehead atoms. The summed E-state index contributed by atoms with van der Waals surface area (Å²) in [5, 5.41) is 14.1. The first-order valence-electron chi connectivity index (χ1n) is 6.39. The van der Waals surface area contributed by atoms with Gasteiger partial charge in [-0.15, -0.1) is 0 Å². The van der Waals surface area contributed by atoms with E-state index in [1.807, 2.05) is 61.5 Å². The van der Waals surface area contributed by atoms with E-state index in [4.69, 9.17) is 11.6 Å². The summed E-state index contributed by atoms with van der Waals surface area (Å²) in [5.41, 5.74) is 1.96. The highest BCUT2D eigenvalue weighted by molar-refractivity contribution is 6.31. The smallest absolute Gasteiger partial charge is 0.0914 e. The van der Waals surface area contributed by atoms with Gasteiger partial charge in [0.15, 0.2) is 0 Å². The number of hydrogen-bond acceptors (Lipinski definition) is 2. The third-order valence-electron chi connectivity index (χ3n) is 3.17. The van der Waals surface area contributed by atoms with Crippen molar-refractivity contribution in [1.29, 1.82) is 0 Å². The molecule has 0 heterocycles. The van der Waals surface area contributed by atoms with Crippen LogP contribution in [0, 0.1) is 0 Å². The van der Waals surface area contributed by atoms with Crippen molar-refractivity contribution in [3.63, 3.8) is 0 Å². The van der Waals surface area contributed by atoms with Crippen LogP contribution in [-0.2, 0) is 0 Å². The summed E-state index contributed by atoms with van der Waals surface area (Å²) in [4.78, 5) is 0. The highest BCUT2D eigenvalue weighted by atomic mass is 35.5. The van der Waals surface area contributed by atoms with Crippen LogP contribution in [0.25, 0.3) is 0 Å². The second-order valence-corrected chi connectivity index (χ2v) is 4.99. The lowest BCUT2D eigenvalue weighted by molar-refractivity contribution is 0.171. The summed E-state index contributed by atoms with van der Waals surface area (Å²) in [6.07, 6.45) is -0.508. The molecule has 0 aromatic heterocycles. The van der Waals surface area contributed by atoms with E-state index in [0.29, 0.717) is 6.54 Å². The lowest BCUT2D eigenvalue weighted by Gasteiger charge is -2.18. The molecule has 2 nitrogen and oxygen atoms in total. The Bertz CT molecular complexity index is 515. The zero-order chi connectivity index (χ0) is 13.7. The van der Waals surface area contributed by atoms with Gasteiger partial charge in [-0.05, 0) is 24.1 Å². The van der Waals surface area contributed by atoms with Crippen molar-refractivity contribution in [1.82, 2.24) is 5.32 Å². The number of benzene rings is 2. The molecule has 19 heavy (non-hydrogen) atoms. The molecule has 0 radical (unpaired) electrons. The first-order chi connectivity index (χ1) is 9.18. The van der Waals surface area contributed by atoms with Crippen molar-refractivity contribution in [2.24, 2.45) is 0 Å². The van der Waals surface area contributed by atoms with Crippen LogP contribution in [0.15, 0.2) is 54.6 Å². The maximum absolute atomic E-state index is 10.1. The average molecular weight is 276 g/mol. The molecule has 0 fully saturated rings. The Kier molecular flexibility index (Phi) is 4.97. The minimum atomic E-state index is -0.508. The lowest BCUT2D eigenvalue weighted by atomic mass is 10.1. The fourth-order valence-corrected chi connectivity index (χ4v) is 2.32. The summed E-state index contributed by atoms with van der Waals surface area (Å²) in [5.74, 6) is 0. The highest BCUT2D eigenvalue weighted by Gasteiger charge is 2.12. The molecule has 2 aromatic rings. The summed E-state index contributed by atoms with van der Waals surface area (Å²) < 4.78 is 0. The zero-order valence-corrected chi connectivity index (χ0v) is 11.6.